The summed E-state index contributed by atoms with van der Waals surface area (Å²) in [6.07, 6.45) is 1.32. The average molecular weight is 558 g/mol. The van der Waals surface area contributed by atoms with Gasteiger partial charge in [-0.25, -0.2) is 9.48 Å². The number of benzene rings is 1. The highest BCUT2D eigenvalue weighted by Gasteiger charge is 2.60. The molecule has 1 fully saturated rings. The van der Waals surface area contributed by atoms with Gasteiger partial charge in [0.15, 0.2) is 11.9 Å². The van der Waals surface area contributed by atoms with Gasteiger partial charge in [0, 0.05) is 26.0 Å². The van der Waals surface area contributed by atoms with E-state index in [0.717, 1.165) is 11.1 Å². The van der Waals surface area contributed by atoms with Gasteiger partial charge in [0.25, 0.3) is 5.91 Å². The number of carbonyl (C=O) groups is 3. The molecule has 3 heterocycles. The minimum Gasteiger partial charge on any atom is -0.458 e. The van der Waals surface area contributed by atoms with Gasteiger partial charge in [0.05, 0.1) is 15.3 Å². The molecule has 0 radical (unpaired) electrons. The number of aryl methyl sites for hydroxylation is 1. The van der Waals surface area contributed by atoms with Crippen LogP contribution in [-0.4, -0.2) is 72.0 Å². The molecule has 0 saturated carbocycles. The smallest absolute Gasteiger partial charge is 0.338 e. The van der Waals surface area contributed by atoms with Crippen LogP contribution in [0, 0.1) is 5.41 Å². The van der Waals surface area contributed by atoms with Crippen LogP contribution in [0.25, 0.3) is 0 Å². The third kappa shape index (κ3) is 5.04. The third-order valence-electron chi connectivity index (χ3n) is 6.42. The van der Waals surface area contributed by atoms with Crippen LogP contribution in [0.1, 0.15) is 43.6 Å². The highest BCUT2D eigenvalue weighted by Crippen LogP contribution is 2.59. The molecule has 0 bridgehead atoms. The molecule has 2 aliphatic heterocycles. The van der Waals surface area contributed by atoms with Crippen LogP contribution < -0.4 is 0 Å². The summed E-state index contributed by atoms with van der Waals surface area (Å²) < 4.78 is 11.5. The minimum atomic E-state index is -0.748. The van der Waals surface area contributed by atoms with Crippen molar-refractivity contribution in [3.8, 4) is 0 Å². The number of nitrogens with zero attached hydrogens (tertiary/aromatic N) is 5. The molecule has 1 unspecified atom stereocenters. The number of methoxy groups -OCH3 is 1. The molecule has 2 aliphatic rings. The highest BCUT2D eigenvalue weighted by molar-refractivity contribution is 8.18. The molecule has 1 saturated heterocycles. The monoisotopic (exact) mass is 557 g/mol. The zero-order chi connectivity index (χ0) is 27.8. The number of rotatable bonds is 9. The maximum Gasteiger partial charge on any atom is 0.338 e. The molecule has 0 aliphatic carbocycles. The minimum absolute atomic E-state index is 0.121. The van der Waals surface area contributed by atoms with Gasteiger partial charge in [0.1, 0.15) is 12.0 Å². The lowest BCUT2D eigenvalue weighted by Crippen LogP contribution is -2.68. The van der Waals surface area contributed by atoms with Gasteiger partial charge in [-0.3, -0.25) is 14.5 Å². The second kappa shape index (κ2) is 10.7. The number of fused-ring (bicyclic) bond motifs is 1. The summed E-state index contributed by atoms with van der Waals surface area (Å²) in [5.74, 6) is -0.777. The fourth-order valence-corrected chi connectivity index (χ4v) is 7.62. The van der Waals surface area contributed by atoms with Crippen LogP contribution in [0.5, 0.6) is 0 Å². The molecular weight excluding hydrogens is 526 g/mol. The fraction of sp³-hybridized carbons (Fsp3) is 0.462. The Morgan fingerprint density at radius 2 is 1.95 bits per heavy atom. The number of thioether (sulfide) groups is 2. The summed E-state index contributed by atoms with van der Waals surface area (Å²) in [5, 5.41) is 12.1. The largest absolute Gasteiger partial charge is 0.458 e. The number of Topliss-reactive ketones (excluding diaryl/α,β-unsaturated/α-hetero) is 1. The number of allylic oxidation sites excluding steroid dienone is 1. The molecule has 3 atom stereocenters. The van der Waals surface area contributed by atoms with E-state index in [1.165, 1.54) is 24.9 Å². The molecule has 1 amide bonds. The quantitative estimate of drug-likeness (QED) is 0.258. The number of β-lactam (4-membered cyclic amide) rings is 1. The van der Waals surface area contributed by atoms with Crippen molar-refractivity contribution >= 4 is 41.2 Å². The predicted molar refractivity (Wildman–Crippen MR) is 144 cm³/mol. The Labute approximate surface area is 230 Å². The first-order valence-corrected chi connectivity index (χ1v) is 13.7. The molecule has 2 aromatic rings. The first-order chi connectivity index (χ1) is 17.9. The van der Waals surface area contributed by atoms with Crippen LogP contribution in [0.15, 0.2) is 53.3 Å². The number of amides is 1. The second-order valence-electron chi connectivity index (χ2n) is 10.1. The van der Waals surface area contributed by atoms with Gasteiger partial charge in [0.2, 0.25) is 5.16 Å². The van der Waals surface area contributed by atoms with Crippen molar-refractivity contribution in [3.05, 3.63) is 59.3 Å². The lowest BCUT2D eigenvalue weighted by molar-refractivity contribution is -0.160. The van der Waals surface area contributed by atoms with Crippen LogP contribution in [0.2, 0.25) is 0 Å². The first-order valence-electron chi connectivity index (χ1n) is 12.0. The molecule has 0 N–H and O–H groups in total. The van der Waals surface area contributed by atoms with E-state index in [9.17, 15) is 14.4 Å². The summed E-state index contributed by atoms with van der Waals surface area (Å²) >= 11 is 2.99. The Bertz CT molecular complexity index is 1300. The third-order valence-corrected chi connectivity index (χ3v) is 9.80. The van der Waals surface area contributed by atoms with Gasteiger partial charge < -0.3 is 9.47 Å². The van der Waals surface area contributed by atoms with Gasteiger partial charge in [-0.1, -0.05) is 57.3 Å². The van der Waals surface area contributed by atoms with E-state index in [1.54, 1.807) is 40.5 Å². The summed E-state index contributed by atoms with van der Waals surface area (Å²) in [6, 6.07) is 7.17. The van der Waals surface area contributed by atoms with Crippen molar-refractivity contribution < 1.29 is 23.9 Å². The highest BCUT2D eigenvalue weighted by atomic mass is 32.2. The van der Waals surface area contributed by atoms with Crippen LogP contribution in [0.3, 0.4) is 0 Å². The number of ketones is 1. The Kier molecular flexibility index (Phi) is 7.87. The van der Waals surface area contributed by atoms with Crippen molar-refractivity contribution in [2.45, 2.75) is 54.8 Å². The van der Waals surface area contributed by atoms with E-state index in [4.69, 9.17) is 9.47 Å². The van der Waals surface area contributed by atoms with Crippen molar-refractivity contribution in [1.29, 1.82) is 0 Å². The Hall–Kier alpha value is -2.96. The molecule has 1 aromatic heterocycles. The molecular formula is C26H31N5O5S2. The van der Waals surface area contributed by atoms with E-state index >= 15 is 0 Å². The Balaban J connectivity index is 1.81. The number of tetrazole rings is 1. The summed E-state index contributed by atoms with van der Waals surface area (Å²) in [4.78, 5) is 40.6. The average Bonchev–Trinajstić information content (AvgIpc) is 3.27. The Morgan fingerprint density at radius 3 is 2.50 bits per heavy atom. The van der Waals surface area contributed by atoms with Crippen LogP contribution in [-0.2, 0) is 32.5 Å². The van der Waals surface area contributed by atoms with E-state index in [1.807, 2.05) is 39.8 Å². The zero-order valence-corrected chi connectivity index (χ0v) is 23.9. The first kappa shape index (κ1) is 28.1. The van der Waals surface area contributed by atoms with Gasteiger partial charge in [-0.2, -0.15) is 0 Å². The summed E-state index contributed by atoms with van der Waals surface area (Å²) in [7, 11) is 3.26. The molecule has 4 rings (SSSR count). The van der Waals surface area contributed by atoms with Crippen molar-refractivity contribution in [3.63, 3.8) is 0 Å². The van der Waals surface area contributed by atoms with Gasteiger partial charge in [-0.15, -0.1) is 16.9 Å². The van der Waals surface area contributed by atoms with Crippen molar-refractivity contribution in [2.75, 3.05) is 13.7 Å². The maximum atomic E-state index is 13.8. The lowest BCUT2D eigenvalue weighted by atomic mass is 9.84. The number of aromatic nitrogens is 4. The van der Waals surface area contributed by atoms with E-state index < -0.39 is 21.6 Å². The lowest BCUT2D eigenvalue weighted by Gasteiger charge is -2.55. The SMILES string of the molecule is C=CCOC(=O)c1ccc(CC2(Sc3nnnn3C)S[C@@H]3[C@@H](OC)C(=O)N3C(C(=O)C(C)(C)C)=C2C)cc1. The number of hydrogen-bond acceptors (Lipinski definition) is 10. The predicted octanol–water partition coefficient (Wildman–Crippen LogP) is 3.40. The molecule has 12 heteroatoms. The standard InChI is InChI=1S/C26H31N5O5S2/c1-8-13-36-23(34)17-11-9-16(10-12-17)14-26(38-24-27-28-29-30(24)6)15(2)18(20(32)25(3,4)5)31-21(33)19(35-7)22(31)37-26/h8-12,19,22H,1,13-14H2,2-7H3/t19-,22+,26?/m0/s1. The zero-order valence-electron chi connectivity index (χ0n) is 22.3. The number of esters is 1. The molecule has 38 heavy (non-hydrogen) atoms. The number of hydrogen-bond donors (Lipinski definition) is 0. The van der Waals surface area contributed by atoms with Crippen molar-refractivity contribution in [2.24, 2.45) is 12.5 Å². The van der Waals surface area contributed by atoms with Crippen LogP contribution in [0.4, 0.5) is 0 Å². The normalized spacial score (nSPS) is 23.1. The van der Waals surface area contributed by atoms with E-state index in [0.29, 0.717) is 22.8 Å². The fourth-order valence-electron chi connectivity index (χ4n) is 4.30. The molecule has 0 spiro atoms. The topological polar surface area (TPSA) is 117 Å². The van der Waals surface area contributed by atoms with Gasteiger partial charge in [-0.05, 0) is 40.6 Å². The van der Waals surface area contributed by atoms with E-state index in [2.05, 4.69) is 22.1 Å². The summed E-state index contributed by atoms with van der Waals surface area (Å²) in [6.45, 7) is 11.1. The molecule has 10 nitrogen and oxygen atoms in total. The van der Waals surface area contributed by atoms with Crippen LogP contribution >= 0.6 is 23.5 Å². The Morgan fingerprint density at radius 1 is 1.26 bits per heavy atom. The number of ether oxygens (including phenoxy) is 2. The summed E-state index contributed by atoms with van der Waals surface area (Å²) in [5.41, 5.74) is 1.79. The van der Waals surface area contributed by atoms with Crippen molar-refractivity contribution in [1.82, 2.24) is 25.1 Å². The van der Waals surface area contributed by atoms with Gasteiger partial charge >= 0.3 is 5.97 Å². The second-order valence-corrected chi connectivity index (χ2v) is 13.1. The maximum absolute atomic E-state index is 13.8. The molecule has 202 valence electrons. The number of carbonyl (C=O) groups excluding carboxylic acids is 3. The van der Waals surface area contributed by atoms with E-state index in [-0.39, 0.29) is 23.7 Å². The molecule has 1 aromatic carbocycles.